The highest BCUT2D eigenvalue weighted by molar-refractivity contribution is 4.95. The molecule has 0 aliphatic heterocycles. The van der Waals surface area contributed by atoms with Crippen molar-refractivity contribution in [3.63, 3.8) is 0 Å². The molecule has 2 N–H and O–H groups in total. The first-order valence-electron chi connectivity index (χ1n) is 8.11. The van der Waals surface area contributed by atoms with Crippen LogP contribution < -0.4 is 5.32 Å². The van der Waals surface area contributed by atoms with Crippen molar-refractivity contribution >= 4 is 0 Å². The summed E-state index contributed by atoms with van der Waals surface area (Å²) in [6.45, 7) is 8.23. The van der Waals surface area contributed by atoms with E-state index in [0.29, 0.717) is 12.0 Å². The first kappa shape index (κ1) is 17.9. The fraction of sp³-hybridized carbons (Fsp3) is 1.00. The van der Waals surface area contributed by atoms with Crippen LogP contribution in [0.15, 0.2) is 0 Å². The van der Waals surface area contributed by atoms with Crippen LogP contribution in [0, 0.1) is 5.92 Å². The lowest BCUT2D eigenvalue weighted by atomic mass is 9.78. The van der Waals surface area contributed by atoms with E-state index in [4.69, 9.17) is 0 Å². The third-order valence-corrected chi connectivity index (χ3v) is 4.60. The zero-order valence-corrected chi connectivity index (χ0v) is 14.2. The molecule has 0 bridgehead atoms. The molecule has 4 heteroatoms. The Morgan fingerprint density at radius 1 is 1.30 bits per heavy atom. The Hall–Kier alpha value is -0.160. The van der Waals surface area contributed by atoms with E-state index in [2.05, 4.69) is 43.1 Å². The van der Waals surface area contributed by atoms with Crippen molar-refractivity contribution in [2.24, 2.45) is 5.92 Å². The summed E-state index contributed by atoms with van der Waals surface area (Å²) in [5, 5.41) is 13.1. The van der Waals surface area contributed by atoms with Crippen LogP contribution in [-0.2, 0) is 0 Å². The van der Waals surface area contributed by atoms with E-state index in [1.165, 1.54) is 12.8 Å². The number of nitrogens with zero attached hydrogens (tertiary/aromatic N) is 2. The van der Waals surface area contributed by atoms with Crippen molar-refractivity contribution in [3.8, 4) is 0 Å². The number of rotatable bonds is 8. The molecule has 1 rings (SSSR count). The Morgan fingerprint density at radius 3 is 2.50 bits per heavy atom. The second-order valence-corrected chi connectivity index (χ2v) is 7.13. The molecule has 0 aromatic carbocycles. The summed E-state index contributed by atoms with van der Waals surface area (Å²) in [6, 6.07) is 0.602. The Morgan fingerprint density at radius 2 is 2.00 bits per heavy atom. The van der Waals surface area contributed by atoms with Gasteiger partial charge >= 0.3 is 0 Å². The lowest BCUT2D eigenvalue weighted by molar-refractivity contribution is 0.0551. The summed E-state index contributed by atoms with van der Waals surface area (Å²) in [5.74, 6) is 0.692. The largest absolute Gasteiger partial charge is 0.394 e. The molecule has 0 aromatic rings. The summed E-state index contributed by atoms with van der Waals surface area (Å²) >= 11 is 0. The van der Waals surface area contributed by atoms with Crippen LogP contribution in [0.25, 0.3) is 0 Å². The van der Waals surface area contributed by atoms with Gasteiger partial charge < -0.3 is 15.3 Å². The van der Waals surface area contributed by atoms with Gasteiger partial charge in [-0.2, -0.15) is 0 Å². The highest BCUT2D eigenvalue weighted by atomic mass is 16.3. The number of hydrogen-bond donors (Lipinski definition) is 2. The van der Waals surface area contributed by atoms with Gasteiger partial charge in [-0.15, -0.1) is 0 Å². The van der Waals surface area contributed by atoms with Crippen molar-refractivity contribution in [2.45, 2.75) is 51.1 Å². The zero-order chi connectivity index (χ0) is 15.2. The Labute approximate surface area is 125 Å². The minimum atomic E-state index is -0.0593. The Kier molecular flexibility index (Phi) is 7.45. The topological polar surface area (TPSA) is 38.7 Å². The van der Waals surface area contributed by atoms with E-state index >= 15 is 0 Å². The van der Waals surface area contributed by atoms with Crippen molar-refractivity contribution in [2.75, 3.05) is 47.4 Å². The maximum absolute atomic E-state index is 9.75. The van der Waals surface area contributed by atoms with Crippen LogP contribution in [0.5, 0.6) is 0 Å². The Bertz CT molecular complexity index is 264. The quantitative estimate of drug-likeness (QED) is 0.707. The van der Waals surface area contributed by atoms with Crippen molar-refractivity contribution in [3.05, 3.63) is 0 Å². The van der Waals surface area contributed by atoms with Gasteiger partial charge in [0.25, 0.3) is 0 Å². The summed E-state index contributed by atoms with van der Waals surface area (Å²) < 4.78 is 0. The minimum absolute atomic E-state index is 0.0593. The maximum Gasteiger partial charge on any atom is 0.0613 e. The fourth-order valence-electron chi connectivity index (χ4n) is 3.31. The van der Waals surface area contributed by atoms with Crippen LogP contribution >= 0.6 is 0 Å². The number of nitrogens with one attached hydrogen (secondary N) is 1. The third kappa shape index (κ3) is 5.32. The molecule has 0 spiro atoms. The highest BCUT2D eigenvalue weighted by Gasteiger charge is 2.36. The van der Waals surface area contributed by atoms with Gasteiger partial charge in [-0.3, -0.25) is 4.90 Å². The molecule has 1 fully saturated rings. The van der Waals surface area contributed by atoms with E-state index in [0.717, 1.165) is 32.5 Å². The lowest BCUT2D eigenvalue weighted by Crippen LogP contribution is -2.55. The molecular formula is C16H35N3O. The van der Waals surface area contributed by atoms with Gasteiger partial charge in [0.2, 0.25) is 0 Å². The number of aliphatic hydroxyl groups is 1. The van der Waals surface area contributed by atoms with Gasteiger partial charge in [-0.1, -0.05) is 13.8 Å². The molecular weight excluding hydrogens is 250 g/mol. The fourth-order valence-corrected chi connectivity index (χ4v) is 3.31. The normalized spacial score (nSPS) is 27.8. The standard InChI is InChI=1S/C16H35N3O/c1-14(2)12-19(10-9-18(4)5)15-7-6-8-16(11-15,13-20)17-3/h14-15,17,20H,6-13H2,1-5H3. The third-order valence-electron chi connectivity index (χ3n) is 4.60. The summed E-state index contributed by atoms with van der Waals surface area (Å²) in [4.78, 5) is 4.90. The predicted octanol–water partition coefficient (Wildman–Crippen LogP) is 1.40. The van der Waals surface area contributed by atoms with Crippen LogP contribution in [0.3, 0.4) is 0 Å². The van der Waals surface area contributed by atoms with E-state index in [9.17, 15) is 5.11 Å². The molecule has 0 aromatic heterocycles. The van der Waals surface area contributed by atoms with Gasteiger partial charge in [0.05, 0.1) is 6.61 Å². The smallest absolute Gasteiger partial charge is 0.0613 e. The molecule has 1 aliphatic carbocycles. The molecule has 1 aliphatic rings. The monoisotopic (exact) mass is 285 g/mol. The average Bonchev–Trinajstić information content (AvgIpc) is 2.42. The molecule has 0 saturated heterocycles. The number of likely N-dealkylation sites (N-methyl/N-ethyl adjacent to an activating group) is 2. The van der Waals surface area contributed by atoms with Crippen LogP contribution in [0.2, 0.25) is 0 Å². The summed E-state index contributed by atoms with van der Waals surface area (Å²) in [7, 11) is 6.27. The molecule has 1 saturated carbocycles. The first-order chi connectivity index (χ1) is 9.42. The number of aliphatic hydroxyl groups excluding tert-OH is 1. The zero-order valence-electron chi connectivity index (χ0n) is 14.2. The van der Waals surface area contributed by atoms with Crippen molar-refractivity contribution < 1.29 is 5.11 Å². The van der Waals surface area contributed by atoms with Gasteiger partial charge in [0, 0.05) is 31.2 Å². The van der Waals surface area contributed by atoms with Gasteiger partial charge in [0.15, 0.2) is 0 Å². The summed E-state index contributed by atoms with van der Waals surface area (Å²) in [6.07, 6.45) is 4.64. The Balaban J connectivity index is 2.68. The van der Waals surface area contributed by atoms with Gasteiger partial charge in [0.1, 0.15) is 0 Å². The van der Waals surface area contributed by atoms with Crippen LogP contribution in [0.4, 0.5) is 0 Å². The number of hydrogen-bond acceptors (Lipinski definition) is 4. The van der Waals surface area contributed by atoms with Crippen molar-refractivity contribution in [1.82, 2.24) is 15.1 Å². The lowest BCUT2D eigenvalue weighted by Gasteiger charge is -2.44. The van der Waals surface area contributed by atoms with E-state index < -0.39 is 0 Å². The molecule has 0 amide bonds. The molecule has 0 heterocycles. The molecule has 20 heavy (non-hydrogen) atoms. The second kappa shape index (κ2) is 8.32. The first-order valence-corrected chi connectivity index (χ1v) is 8.11. The molecule has 2 atom stereocenters. The molecule has 2 unspecified atom stereocenters. The van der Waals surface area contributed by atoms with E-state index in [1.54, 1.807) is 0 Å². The maximum atomic E-state index is 9.75. The van der Waals surface area contributed by atoms with Crippen LogP contribution in [-0.4, -0.2) is 73.9 Å². The second-order valence-electron chi connectivity index (χ2n) is 7.13. The van der Waals surface area contributed by atoms with Gasteiger partial charge in [-0.25, -0.2) is 0 Å². The van der Waals surface area contributed by atoms with Crippen LogP contribution in [0.1, 0.15) is 39.5 Å². The van der Waals surface area contributed by atoms with E-state index in [-0.39, 0.29) is 12.1 Å². The highest BCUT2D eigenvalue weighted by Crippen LogP contribution is 2.31. The van der Waals surface area contributed by atoms with Crippen molar-refractivity contribution in [1.29, 1.82) is 0 Å². The van der Waals surface area contributed by atoms with E-state index in [1.807, 2.05) is 7.05 Å². The molecule has 120 valence electrons. The molecule has 4 nitrogen and oxygen atoms in total. The minimum Gasteiger partial charge on any atom is -0.394 e. The summed E-state index contributed by atoms with van der Waals surface area (Å²) in [5.41, 5.74) is -0.0593. The molecule has 0 radical (unpaired) electrons. The SMILES string of the molecule is CNC1(CO)CCCC(N(CCN(C)C)CC(C)C)C1. The van der Waals surface area contributed by atoms with Gasteiger partial charge in [-0.05, 0) is 52.7 Å². The average molecular weight is 285 g/mol. The predicted molar refractivity (Wildman–Crippen MR) is 86.1 cm³/mol.